The van der Waals surface area contributed by atoms with Crippen molar-refractivity contribution in [3.63, 3.8) is 0 Å². The fraction of sp³-hybridized carbons (Fsp3) is 0.833. The fourth-order valence-electron chi connectivity index (χ4n) is 3.02. The van der Waals surface area contributed by atoms with Crippen LogP contribution in [0.2, 0.25) is 0 Å². The van der Waals surface area contributed by atoms with Gasteiger partial charge in [-0.25, -0.2) is 0 Å². The summed E-state index contributed by atoms with van der Waals surface area (Å²) in [6, 6.07) is 4.25. The van der Waals surface area contributed by atoms with Crippen molar-refractivity contribution in [1.29, 1.82) is 10.5 Å². The quantitative estimate of drug-likeness (QED) is 0.650. The number of nitrogens with zero attached hydrogens (tertiary/aromatic N) is 2. The van der Waals surface area contributed by atoms with E-state index in [1.54, 1.807) is 0 Å². The van der Waals surface area contributed by atoms with Gasteiger partial charge in [0.15, 0.2) is 0 Å². The summed E-state index contributed by atoms with van der Waals surface area (Å²) in [5.41, 5.74) is -0.654. The number of nitriles is 2. The molecule has 0 radical (unpaired) electrons. The average molecular weight is 218 g/mol. The summed E-state index contributed by atoms with van der Waals surface area (Å²) < 4.78 is 0. The molecule has 16 heavy (non-hydrogen) atoms. The number of rotatable bonds is 1. The summed E-state index contributed by atoms with van der Waals surface area (Å²) in [6.07, 6.45) is 7.05. The van der Waals surface area contributed by atoms with Gasteiger partial charge in [-0.2, -0.15) is 10.5 Å². The van der Waals surface area contributed by atoms with Gasteiger partial charge in [0.2, 0.25) is 0 Å². The molecule has 4 nitrogen and oxygen atoms in total. The molecule has 2 N–H and O–H groups in total. The molecular formula is C12H18N4. The van der Waals surface area contributed by atoms with Crippen LogP contribution in [0.1, 0.15) is 38.5 Å². The van der Waals surface area contributed by atoms with Crippen LogP contribution in [0.15, 0.2) is 0 Å². The molecule has 86 valence electrons. The summed E-state index contributed by atoms with van der Waals surface area (Å²) >= 11 is 0. The van der Waals surface area contributed by atoms with Gasteiger partial charge in [-0.15, -0.1) is 0 Å². The Morgan fingerprint density at radius 1 is 1.06 bits per heavy atom. The SMILES string of the molecule is N#CC1NCNC1(C#N)C1CCCCCC1. The Hall–Kier alpha value is -1.10. The number of nitrogens with one attached hydrogen (secondary N) is 2. The Labute approximate surface area is 96.6 Å². The highest BCUT2D eigenvalue weighted by atomic mass is 15.2. The van der Waals surface area contributed by atoms with Gasteiger partial charge >= 0.3 is 0 Å². The van der Waals surface area contributed by atoms with Gasteiger partial charge in [-0.1, -0.05) is 25.7 Å². The van der Waals surface area contributed by atoms with Crippen LogP contribution in [0, 0.1) is 28.6 Å². The lowest BCUT2D eigenvalue weighted by Gasteiger charge is -2.32. The largest absolute Gasteiger partial charge is 0.287 e. The van der Waals surface area contributed by atoms with E-state index < -0.39 is 5.54 Å². The third-order valence-electron chi connectivity index (χ3n) is 3.96. The van der Waals surface area contributed by atoms with E-state index in [2.05, 4.69) is 22.8 Å². The maximum Gasteiger partial charge on any atom is 0.139 e. The lowest BCUT2D eigenvalue weighted by molar-refractivity contribution is 0.269. The second-order valence-corrected chi connectivity index (χ2v) is 4.79. The van der Waals surface area contributed by atoms with Crippen molar-refractivity contribution < 1.29 is 0 Å². The van der Waals surface area contributed by atoms with Crippen LogP contribution in [0.3, 0.4) is 0 Å². The highest BCUT2D eigenvalue weighted by molar-refractivity contribution is 5.26. The third-order valence-corrected chi connectivity index (χ3v) is 3.96. The molecule has 2 fully saturated rings. The molecular weight excluding hydrogens is 200 g/mol. The van der Waals surface area contributed by atoms with Crippen molar-refractivity contribution in [3.8, 4) is 12.1 Å². The minimum absolute atomic E-state index is 0.319. The molecule has 2 atom stereocenters. The Balaban J connectivity index is 2.20. The number of hydrogen-bond donors (Lipinski definition) is 2. The minimum Gasteiger partial charge on any atom is -0.287 e. The normalized spacial score (nSPS) is 36.2. The van der Waals surface area contributed by atoms with Gasteiger partial charge in [0.05, 0.1) is 12.1 Å². The second kappa shape index (κ2) is 4.82. The molecule has 0 aromatic heterocycles. The lowest BCUT2D eigenvalue weighted by atomic mass is 9.76. The van der Waals surface area contributed by atoms with Gasteiger partial charge in [-0.3, -0.25) is 10.6 Å². The molecule has 0 aromatic carbocycles. The maximum absolute atomic E-state index is 9.46. The van der Waals surface area contributed by atoms with Crippen molar-refractivity contribution in [1.82, 2.24) is 10.6 Å². The van der Waals surface area contributed by atoms with Gasteiger partial charge in [-0.05, 0) is 18.8 Å². The second-order valence-electron chi connectivity index (χ2n) is 4.79. The van der Waals surface area contributed by atoms with Gasteiger partial charge in [0.25, 0.3) is 0 Å². The van der Waals surface area contributed by atoms with Gasteiger partial charge < -0.3 is 0 Å². The molecule has 2 aliphatic rings. The monoisotopic (exact) mass is 218 g/mol. The molecule has 2 rings (SSSR count). The molecule has 1 heterocycles. The van der Waals surface area contributed by atoms with Crippen molar-refractivity contribution >= 4 is 0 Å². The Kier molecular flexibility index (Phi) is 3.43. The van der Waals surface area contributed by atoms with Crippen molar-refractivity contribution in [2.75, 3.05) is 6.67 Å². The Bertz CT molecular complexity index is 319. The highest BCUT2D eigenvalue weighted by Gasteiger charge is 2.49. The average Bonchev–Trinajstić information content (AvgIpc) is 2.55. The summed E-state index contributed by atoms with van der Waals surface area (Å²) in [7, 11) is 0. The Morgan fingerprint density at radius 3 is 2.31 bits per heavy atom. The summed E-state index contributed by atoms with van der Waals surface area (Å²) in [5, 5.41) is 24.9. The summed E-state index contributed by atoms with van der Waals surface area (Å²) in [4.78, 5) is 0. The lowest BCUT2D eigenvalue weighted by Crippen LogP contribution is -2.53. The smallest absolute Gasteiger partial charge is 0.139 e. The van der Waals surface area contributed by atoms with Crippen molar-refractivity contribution in [2.24, 2.45) is 5.92 Å². The molecule has 0 bridgehead atoms. The third kappa shape index (κ3) is 1.80. The topological polar surface area (TPSA) is 71.6 Å². The predicted octanol–water partition coefficient (Wildman–Crippen LogP) is 1.26. The Morgan fingerprint density at radius 2 is 1.75 bits per heavy atom. The van der Waals surface area contributed by atoms with E-state index >= 15 is 0 Å². The van der Waals surface area contributed by atoms with E-state index in [1.807, 2.05) is 0 Å². The van der Waals surface area contributed by atoms with Gasteiger partial charge in [0.1, 0.15) is 11.6 Å². The number of hydrogen-bond acceptors (Lipinski definition) is 4. The summed E-state index contributed by atoms with van der Waals surface area (Å²) in [6.45, 7) is 0.572. The standard InChI is InChI=1S/C12H18N4/c13-7-11-12(8-14,16-9-15-11)10-5-3-1-2-4-6-10/h10-11,15-16H,1-6,9H2. The predicted molar refractivity (Wildman–Crippen MR) is 60.1 cm³/mol. The first-order chi connectivity index (χ1) is 7.83. The molecule has 0 amide bonds. The van der Waals surface area contributed by atoms with Crippen LogP contribution in [-0.2, 0) is 0 Å². The molecule has 1 aliphatic carbocycles. The zero-order valence-electron chi connectivity index (χ0n) is 9.50. The first-order valence-corrected chi connectivity index (χ1v) is 6.13. The maximum atomic E-state index is 9.46. The van der Waals surface area contributed by atoms with E-state index in [4.69, 9.17) is 5.26 Å². The van der Waals surface area contributed by atoms with E-state index in [1.165, 1.54) is 25.7 Å². The van der Waals surface area contributed by atoms with Crippen LogP contribution < -0.4 is 10.6 Å². The highest BCUT2D eigenvalue weighted by Crippen LogP contribution is 2.35. The van der Waals surface area contributed by atoms with Crippen LogP contribution >= 0.6 is 0 Å². The molecule has 4 heteroatoms. The van der Waals surface area contributed by atoms with E-state index in [0.717, 1.165) is 12.8 Å². The van der Waals surface area contributed by atoms with Gasteiger partial charge in [0, 0.05) is 6.67 Å². The molecule has 1 aliphatic heterocycles. The molecule has 0 aromatic rings. The zero-order valence-corrected chi connectivity index (χ0v) is 9.50. The van der Waals surface area contributed by atoms with Crippen molar-refractivity contribution in [3.05, 3.63) is 0 Å². The fourth-order valence-corrected chi connectivity index (χ4v) is 3.02. The molecule has 1 saturated heterocycles. The van der Waals surface area contributed by atoms with Crippen LogP contribution in [0.5, 0.6) is 0 Å². The van der Waals surface area contributed by atoms with E-state index in [-0.39, 0.29) is 6.04 Å². The molecule has 0 spiro atoms. The molecule has 1 saturated carbocycles. The zero-order chi connectivity index (χ0) is 11.4. The summed E-state index contributed by atoms with van der Waals surface area (Å²) in [5.74, 6) is 0.319. The first kappa shape index (κ1) is 11.4. The van der Waals surface area contributed by atoms with Crippen LogP contribution in [0.4, 0.5) is 0 Å². The van der Waals surface area contributed by atoms with Crippen LogP contribution in [0.25, 0.3) is 0 Å². The first-order valence-electron chi connectivity index (χ1n) is 6.13. The minimum atomic E-state index is -0.654. The molecule has 2 unspecified atom stereocenters. The van der Waals surface area contributed by atoms with E-state index in [9.17, 15) is 5.26 Å². The van der Waals surface area contributed by atoms with E-state index in [0.29, 0.717) is 12.6 Å². The van der Waals surface area contributed by atoms with Crippen molar-refractivity contribution in [2.45, 2.75) is 50.1 Å². The van der Waals surface area contributed by atoms with Crippen LogP contribution in [-0.4, -0.2) is 18.2 Å².